The number of hydrogen-bond acceptors (Lipinski definition) is 4. The Kier molecular flexibility index (Phi) is 4.16. The van der Waals surface area contributed by atoms with Crippen LogP contribution in [0, 0.1) is 11.3 Å². The van der Waals surface area contributed by atoms with Gasteiger partial charge in [-0.1, -0.05) is 0 Å². The molecule has 0 saturated carbocycles. The summed E-state index contributed by atoms with van der Waals surface area (Å²) in [5, 5.41) is 8.58. The Morgan fingerprint density at radius 1 is 1.38 bits per heavy atom. The van der Waals surface area contributed by atoms with Crippen LogP contribution in [0.5, 0.6) is 0 Å². The van der Waals surface area contributed by atoms with Crippen molar-refractivity contribution >= 4 is 0 Å². The van der Waals surface area contributed by atoms with Crippen LogP contribution in [0.15, 0.2) is 0 Å². The molecule has 4 heteroatoms. The van der Waals surface area contributed by atoms with E-state index in [4.69, 9.17) is 11.0 Å². The first kappa shape index (κ1) is 10.5. The van der Waals surface area contributed by atoms with E-state index in [1.165, 1.54) is 6.42 Å². The van der Waals surface area contributed by atoms with Crippen molar-refractivity contribution in [1.29, 1.82) is 5.26 Å². The summed E-state index contributed by atoms with van der Waals surface area (Å²) >= 11 is 0. The van der Waals surface area contributed by atoms with Crippen LogP contribution in [0.3, 0.4) is 0 Å². The number of nitrogens with two attached hydrogens (primary N) is 1. The van der Waals surface area contributed by atoms with E-state index in [9.17, 15) is 0 Å². The molecule has 0 aromatic heterocycles. The van der Waals surface area contributed by atoms with Gasteiger partial charge in [-0.15, -0.1) is 0 Å². The third kappa shape index (κ3) is 3.73. The Labute approximate surface area is 79.9 Å². The van der Waals surface area contributed by atoms with Gasteiger partial charge >= 0.3 is 0 Å². The van der Waals surface area contributed by atoms with Crippen LogP contribution in [0.25, 0.3) is 0 Å². The summed E-state index contributed by atoms with van der Waals surface area (Å²) in [7, 11) is 2.13. The number of rotatable bonds is 2. The SMILES string of the molecule is CN1CCCN(CC(N)C#N)CC1. The second-order valence-electron chi connectivity index (χ2n) is 3.69. The summed E-state index contributed by atoms with van der Waals surface area (Å²) in [5.74, 6) is 0. The molecule has 0 bridgehead atoms. The van der Waals surface area contributed by atoms with Gasteiger partial charge in [0.1, 0.15) is 6.04 Å². The average molecular weight is 182 g/mol. The molecule has 0 amide bonds. The van der Waals surface area contributed by atoms with Crippen molar-refractivity contribution in [2.45, 2.75) is 12.5 Å². The van der Waals surface area contributed by atoms with Crippen molar-refractivity contribution in [3.63, 3.8) is 0 Å². The predicted molar refractivity (Wildman–Crippen MR) is 52.1 cm³/mol. The lowest BCUT2D eigenvalue weighted by Gasteiger charge is -2.20. The van der Waals surface area contributed by atoms with Crippen LogP contribution >= 0.6 is 0 Å². The summed E-state index contributed by atoms with van der Waals surface area (Å²) in [5.41, 5.74) is 5.57. The third-order valence-corrected chi connectivity index (χ3v) is 2.43. The fourth-order valence-corrected chi connectivity index (χ4v) is 1.60. The molecule has 1 saturated heterocycles. The molecule has 1 aliphatic rings. The number of hydrogen-bond donors (Lipinski definition) is 1. The maximum Gasteiger partial charge on any atom is 0.106 e. The summed E-state index contributed by atoms with van der Waals surface area (Å²) in [6.07, 6.45) is 1.18. The topological polar surface area (TPSA) is 56.3 Å². The van der Waals surface area contributed by atoms with Crippen LogP contribution < -0.4 is 5.73 Å². The maximum absolute atomic E-state index is 8.58. The summed E-state index contributed by atoms with van der Waals surface area (Å²) < 4.78 is 0. The van der Waals surface area contributed by atoms with Crippen LogP contribution in [0.2, 0.25) is 0 Å². The molecule has 1 rings (SSSR count). The normalized spacial score (nSPS) is 23.5. The molecule has 1 atom stereocenters. The molecule has 1 unspecified atom stereocenters. The highest BCUT2D eigenvalue weighted by Gasteiger charge is 2.13. The Bertz CT molecular complexity index is 187. The molecule has 74 valence electrons. The van der Waals surface area contributed by atoms with Crippen molar-refractivity contribution in [3.05, 3.63) is 0 Å². The fraction of sp³-hybridized carbons (Fsp3) is 0.889. The lowest BCUT2D eigenvalue weighted by atomic mass is 10.3. The molecule has 0 aromatic rings. The lowest BCUT2D eigenvalue weighted by Crippen LogP contribution is -2.38. The highest BCUT2D eigenvalue weighted by molar-refractivity contribution is 4.89. The van der Waals surface area contributed by atoms with E-state index in [0.717, 1.165) is 26.2 Å². The van der Waals surface area contributed by atoms with Crippen molar-refractivity contribution < 1.29 is 0 Å². The molecule has 2 N–H and O–H groups in total. The van der Waals surface area contributed by atoms with Gasteiger partial charge in [-0.2, -0.15) is 5.26 Å². The monoisotopic (exact) mass is 182 g/mol. The van der Waals surface area contributed by atoms with Crippen LogP contribution in [-0.4, -0.2) is 55.6 Å². The van der Waals surface area contributed by atoms with E-state index in [1.807, 2.05) is 0 Å². The Morgan fingerprint density at radius 2 is 2.15 bits per heavy atom. The smallest absolute Gasteiger partial charge is 0.106 e. The van der Waals surface area contributed by atoms with Crippen molar-refractivity contribution in [1.82, 2.24) is 9.80 Å². The van der Waals surface area contributed by atoms with Crippen molar-refractivity contribution in [2.24, 2.45) is 5.73 Å². The maximum atomic E-state index is 8.58. The van der Waals surface area contributed by atoms with Gasteiger partial charge in [0.25, 0.3) is 0 Å². The highest BCUT2D eigenvalue weighted by Crippen LogP contribution is 2.00. The molecule has 0 aliphatic carbocycles. The molecule has 1 heterocycles. The molecule has 0 spiro atoms. The lowest BCUT2D eigenvalue weighted by molar-refractivity contribution is 0.272. The molecular formula is C9H18N4. The van der Waals surface area contributed by atoms with Crippen molar-refractivity contribution in [3.8, 4) is 6.07 Å². The van der Waals surface area contributed by atoms with Gasteiger partial charge in [0.15, 0.2) is 0 Å². The molecule has 1 aliphatic heterocycles. The van der Waals surface area contributed by atoms with Gasteiger partial charge in [-0.3, -0.25) is 4.90 Å². The fourth-order valence-electron chi connectivity index (χ4n) is 1.60. The Morgan fingerprint density at radius 3 is 2.85 bits per heavy atom. The van der Waals surface area contributed by atoms with E-state index in [-0.39, 0.29) is 6.04 Å². The first-order valence-electron chi connectivity index (χ1n) is 4.78. The molecule has 13 heavy (non-hydrogen) atoms. The van der Waals surface area contributed by atoms with E-state index in [1.54, 1.807) is 0 Å². The van der Waals surface area contributed by atoms with E-state index < -0.39 is 0 Å². The first-order valence-corrected chi connectivity index (χ1v) is 4.78. The molecular weight excluding hydrogens is 164 g/mol. The second kappa shape index (κ2) is 5.18. The highest BCUT2D eigenvalue weighted by atomic mass is 15.2. The number of likely N-dealkylation sites (N-methyl/N-ethyl adjacent to an activating group) is 1. The van der Waals surface area contributed by atoms with E-state index >= 15 is 0 Å². The zero-order valence-corrected chi connectivity index (χ0v) is 8.24. The molecule has 0 aromatic carbocycles. The van der Waals surface area contributed by atoms with Crippen LogP contribution in [0.1, 0.15) is 6.42 Å². The largest absolute Gasteiger partial charge is 0.315 e. The van der Waals surface area contributed by atoms with Gasteiger partial charge in [0, 0.05) is 19.6 Å². The van der Waals surface area contributed by atoms with Gasteiger partial charge in [-0.05, 0) is 26.6 Å². The van der Waals surface area contributed by atoms with Gasteiger partial charge in [0.05, 0.1) is 6.07 Å². The van der Waals surface area contributed by atoms with E-state index in [2.05, 4.69) is 22.9 Å². The van der Waals surface area contributed by atoms with Gasteiger partial charge < -0.3 is 10.6 Å². The van der Waals surface area contributed by atoms with Crippen molar-refractivity contribution in [2.75, 3.05) is 39.8 Å². The summed E-state index contributed by atoms with van der Waals surface area (Å²) in [4.78, 5) is 4.59. The Balaban J connectivity index is 2.30. The van der Waals surface area contributed by atoms with Crippen LogP contribution in [-0.2, 0) is 0 Å². The molecule has 1 fully saturated rings. The predicted octanol–water partition coefficient (Wildman–Crippen LogP) is -0.525. The zero-order chi connectivity index (χ0) is 9.68. The van der Waals surface area contributed by atoms with E-state index in [0.29, 0.717) is 6.54 Å². The molecule has 4 nitrogen and oxygen atoms in total. The first-order chi connectivity index (χ1) is 6.22. The minimum absolute atomic E-state index is 0.330. The Hall–Kier alpha value is -0.630. The quantitative estimate of drug-likeness (QED) is 0.624. The summed E-state index contributed by atoms with van der Waals surface area (Å²) in [6.45, 7) is 5.05. The van der Waals surface area contributed by atoms with Gasteiger partial charge in [0.2, 0.25) is 0 Å². The van der Waals surface area contributed by atoms with Gasteiger partial charge in [-0.25, -0.2) is 0 Å². The minimum Gasteiger partial charge on any atom is -0.315 e. The zero-order valence-electron chi connectivity index (χ0n) is 8.24. The summed E-state index contributed by atoms with van der Waals surface area (Å²) in [6, 6.07) is 1.74. The standard InChI is InChI=1S/C9H18N4/c1-12-3-2-4-13(6-5-12)8-9(11)7-10/h9H,2-6,8,11H2,1H3. The average Bonchev–Trinajstić information content (AvgIpc) is 2.31. The number of nitriles is 1. The minimum atomic E-state index is -0.330. The second-order valence-corrected chi connectivity index (χ2v) is 3.69. The number of nitrogens with zero attached hydrogens (tertiary/aromatic N) is 3. The van der Waals surface area contributed by atoms with Crippen LogP contribution in [0.4, 0.5) is 0 Å². The third-order valence-electron chi connectivity index (χ3n) is 2.43. The molecule has 0 radical (unpaired) electrons.